The van der Waals surface area contributed by atoms with Crippen molar-refractivity contribution in [2.24, 2.45) is 0 Å². The van der Waals surface area contributed by atoms with Crippen molar-refractivity contribution in [3.05, 3.63) is 0 Å². The van der Waals surface area contributed by atoms with E-state index in [1.807, 2.05) is 0 Å². The highest BCUT2D eigenvalue weighted by Gasteiger charge is 2.45. The fourth-order valence-electron chi connectivity index (χ4n) is 1.18. The van der Waals surface area contributed by atoms with Crippen LogP contribution in [0.1, 0.15) is 20.8 Å². The number of hydrogen-bond donors (Lipinski definition) is 0. The summed E-state index contributed by atoms with van der Waals surface area (Å²) in [5.41, 5.74) is -2.52. The summed E-state index contributed by atoms with van der Waals surface area (Å²) in [4.78, 5) is 0. The van der Waals surface area contributed by atoms with E-state index in [9.17, 15) is 0 Å². The van der Waals surface area contributed by atoms with Crippen molar-refractivity contribution < 1.29 is 0 Å². The molecule has 0 bridgehead atoms. The zero-order valence-corrected chi connectivity index (χ0v) is 15.0. The van der Waals surface area contributed by atoms with Crippen molar-refractivity contribution in [2.75, 3.05) is 5.79 Å². The molecule has 0 N–H and O–H groups in total. The van der Waals surface area contributed by atoms with E-state index in [2.05, 4.69) is 40.4 Å². The molecule has 0 saturated carbocycles. The van der Waals surface area contributed by atoms with E-state index in [0.717, 1.165) is 0 Å². The SMILES string of the molecule is CC(C)(C)P(C[Si](C)(C)C)[Si](Cl)(Cl)Cl. The van der Waals surface area contributed by atoms with E-state index in [-0.39, 0.29) is 5.16 Å². The predicted molar refractivity (Wildman–Crippen MR) is 78.2 cm³/mol. The second-order valence-corrected chi connectivity index (χ2v) is 28.2. The average Bonchev–Trinajstić information content (AvgIpc) is 1.75. The van der Waals surface area contributed by atoms with Gasteiger partial charge in [-0.25, -0.2) is 0 Å². The van der Waals surface area contributed by atoms with Crippen LogP contribution in [0.15, 0.2) is 0 Å². The Morgan fingerprint density at radius 1 is 1.00 bits per heavy atom. The van der Waals surface area contributed by atoms with Crippen LogP contribution in [-0.2, 0) is 0 Å². The monoisotopic (exact) mass is 308 g/mol. The average molecular weight is 310 g/mol. The van der Waals surface area contributed by atoms with Crippen LogP contribution in [0, 0.1) is 0 Å². The Balaban J connectivity index is 4.78. The lowest BCUT2D eigenvalue weighted by Gasteiger charge is -2.38. The smallest absolute Gasteiger partial charge is 0.121 e. The molecule has 0 amide bonds. The maximum Gasteiger partial charge on any atom is 0.365 e. The van der Waals surface area contributed by atoms with E-state index in [1.54, 1.807) is 0 Å². The lowest BCUT2D eigenvalue weighted by atomic mass is 10.3. The molecule has 0 aromatic heterocycles. The van der Waals surface area contributed by atoms with Gasteiger partial charge in [-0.15, -0.1) is 33.2 Å². The molecule has 0 saturated heterocycles. The highest BCUT2D eigenvalue weighted by molar-refractivity contribution is 8.19. The highest BCUT2D eigenvalue weighted by atomic mass is 35.9. The van der Waals surface area contributed by atoms with Gasteiger partial charge >= 0.3 is 5.67 Å². The summed E-state index contributed by atoms with van der Waals surface area (Å²) < 4.78 is 0. The Morgan fingerprint density at radius 3 is 1.43 bits per heavy atom. The van der Waals surface area contributed by atoms with Crippen molar-refractivity contribution in [3.63, 3.8) is 0 Å². The first-order valence-electron chi connectivity index (χ1n) is 4.68. The van der Waals surface area contributed by atoms with Crippen molar-refractivity contribution in [1.82, 2.24) is 0 Å². The quantitative estimate of drug-likeness (QED) is 0.377. The largest absolute Gasteiger partial charge is 0.365 e. The first-order chi connectivity index (χ1) is 5.84. The van der Waals surface area contributed by atoms with Gasteiger partial charge in [-0.3, -0.25) is 0 Å². The highest BCUT2D eigenvalue weighted by Crippen LogP contribution is 2.62. The van der Waals surface area contributed by atoms with Crippen molar-refractivity contribution >= 4 is 54.5 Å². The maximum atomic E-state index is 6.21. The zero-order valence-electron chi connectivity index (χ0n) is 9.79. The molecule has 0 aliphatic carbocycles. The van der Waals surface area contributed by atoms with Crippen LogP contribution in [-0.4, -0.2) is 24.7 Å². The van der Waals surface area contributed by atoms with Crippen LogP contribution >= 0.6 is 40.7 Å². The van der Waals surface area contributed by atoms with E-state index >= 15 is 0 Å². The molecular formula is C8H20Cl3PSi2. The predicted octanol–water partition coefficient (Wildman–Crippen LogP) is 5.30. The molecule has 0 fully saturated rings. The molecule has 0 aromatic rings. The molecule has 6 heteroatoms. The van der Waals surface area contributed by atoms with Crippen LogP contribution < -0.4 is 0 Å². The summed E-state index contributed by atoms with van der Waals surface area (Å²) in [7, 11) is -1.56. The zero-order chi connectivity index (χ0) is 11.8. The fraction of sp³-hybridized carbons (Fsp3) is 1.00. The molecule has 0 nitrogen and oxygen atoms in total. The Labute approximate surface area is 105 Å². The van der Waals surface area contributed by atoms with Gasteiger partial charge in [0, 0.05) is 8.07 Å². The third-order valence-corrected chi connectivity index (χ3v) is 19.8. The number of rotatable bonds is 3. The molecule has 0 spiro atoms. The number of halogens is 3. The molecule has 1 atom stereocenters. The lowest BCUT2D eigenvalue weighted by Crippen LogP contribution is -2.35. The minimum absolute atomic E-state index is 0.174. The van der Waals surface area contributed by atoms with Gasteiger partial charge in [-0.2, -0.15) is 0 Å². The van der Waals surface area contributed by atoms with Gasteiger partial charge in [0.2, 0.25) is 0 Å². The van der Waals surface area contributed by atoms with Gasteiger partial charge in [0.1, 0.15) is 0 Å². The van der Waals surface area contributed by atoms with Crippen LogP contribution in [0.4, 0.5) is 0 Å². The minimum Gasteiger partial charge on any atom is -0.121 e. The third-order valence-electron chi connectivity index (χ3n) is 1.75. The van der Waals surface area contributed by atoms with Crippen LogP contribution in [0.2, 0.25) is 19.6 Å². The van der Waals surface area contributed by atoms with Gasteiger partial charge < -0.3 is 0 Å². The third kappa shape index (κ3) is 6.35. The fourth-order valence-corrected chi connectivity index (χ4v) is 28.2. The molecule has 0 radical (unpaired) electrons. The molecule has 0 aliphatic heterocycles. The standard InChI is InChI=1S/C8H20Cl3PSi2/c1-8(2,3)12(14(9,10)11)7-13(4,5)6/h7H2,1-6H3. The summed E-state index contributed by atoms with van der Waals surface area (Å²) in [6.07, 6.45) is 0. The van der Waals surface area contributed by atoms with Crippen molar-refractivity contribution in [2.45, 2.75) is 45.6 Å². The van der Waals surface area contributed by atoms with E-state index in [0.29, 0.717) is 0 Å². The number of hydrogen-bond acceptors (Lipinski definition) is 0. The minimum atomic E-state index is -2.52. The first-order valence-corrected chi connectivity index (χ1v) is 15.8. The molecule has 86 valence electrons. The van der Waals surface area contributed by atoms with Gasteiger partial charge in [-0.05, 0) is 10.9 Å². The van der Waals surface area contributed by atoms with E-state index < -0.39 is 21.2 Å². The van der Waals surface area contributed by atoms with Gasteiger partial charge in [0.25, 0.3) is 0 Å². The summed E-state index contributed by atoms with van der Waals surface area (Å²) >= 11 is 18.6. The topological polar surface area (TPSA) is 0 Å². The first kappa shape index (κ1) is 15.7. The van der Waals surface area contributed by atoms with E-state index in [4.69, 9.17) is 33.2 Å². The summed E-state index contributed by atoms with van der Waals surface area (Å²) in [6, 6.07) is 0. The second kappa shape index (κ2) is 4.93. The van der Waals surface area contributed by atoms with Gasteiger partial charge in [-0.1, -0.05) is 47.9 Å². The second-order valence-electron chi connectivity index (χ2n) is 5.79. The van der Waals surface area contributed by atoms with Crippen molar-refractivity contribution in [1.29, 1.82) is 0 Å². The Morgan fingerprint density at radius 2 is 1.36 bits per heavy atom. The Bertz CT molecular complexity index is 176. The Kier molecular flexibility index (Phi) is 5.54. The molecule has 0 rings (SSSR count). The molecular weight excluding hydrogens is 290 g/mol. The van der Waals surface area contributed by atoms with Gasteiger partial charge in [0.05, 0.1) is 0 Å². The van der Waals surface area contributed by atoms with Crippen LogP contribution in [0.25, 0.3) is 0 Å². The van der Waals surface area contributed by atoms with Crippen LogP contribution in [0.5, 0.6) is 0 Å². The van der Waals surface area contributed by atoms with E-state index in [1.165, 1.54) is 5.79 Å². The normalized spacial score (nSPS) is 16.9. The summed E-state index contributed by atoms with van der Waals surface area (Å²) in [6.45, 7) is 13.6. The summed E-state index contributed by atoms with van der Waals surface area (Å²) in [5, 5.41) is 0.174. The maximum absolute atomic E-state index is 6.21. The van der Waals surface area contributed by atoms with Gasteiger partial charge in [0.15, 0.2) is 0 Å². The molecule has 0 aliphatic rings. The molecule has 1 unspecified atom stereocenters. The summed E-state index contributed by atoms with van der Waals surface area (Å²) in [5.74, 6) is 1.18. The lowest BCUT2D eigenvalue weighted by molar-refractivity contribution is 0.792. The molecule has 0 heterocycles. The van der Waals surface area contributed by atoms with Crippen LogP contribution in [0.3, 0.4) is 0 Å². The molecule has 14 heavy (non-hydrogen) atoms. The van der Waals surface area contributed by atoms with Crippen molar-refractivity contribution in [3.8, 4) is 0 Å². The molecule has 0 aromatic carbocycles. The Hall–Kier alpha value is 1.73.